The molecule has 0 bridgehead atoms. The van der Waals surface area contributed by atoms with Crippen LogP contribution in [-0.4, -0.2) is 18.0 Å². The Morgan fingerprint density at radius 1 is 1.23 bits per heavy atom. The molecule has 0 N–H and O–H groups in total. The Morgan fingerprint density at radius 3 is 2.46 bits per heavy atom. The van der Waals surface area contributed by atoms with Crippen LogP contribution < -0.4 is 0 Å². The van der Waals surface area contributed by atoms with Crippen LogP contribution in [0.4, 0.5) is 0 Å². The smallest absolute Gasteiger partial charge is 0.0973 e. The summed E-state index contributed by atoms with van der Waals surface area (Å²) in [4.78, 5) is 2.14. The van der Waals surface area contributed by atoms with E-state index in [9.17, 15) is 0 Å². The normalized spacial score (nSPS) is 17.7. The van der Waals surface area contributed by atoms with Crippen molar-refractivity contribution in [2.75, 3.05) is 13.1 Å². The van der Waals surface area contributed by atoms with Crippen LogP contribution in [0.2, 0.25) is 0 Å². The molecule has 0 unspecified atom stereocenters. The van der Waals surface area contributed by atoms with Crippen LogP contribution in [0.15, 0.2) is 11.8 Å². The van der Waals surface area contributed by atoms with E-state index in [4.69, 9.17) is 10.5 Å². The molecule has 1 heterocycles. The maximum Gasteiger partial charge on any atom is 0.0973 e. The zero-order valence-corrected chi connectivity index (χ0v) is 7.66. The van der Waals surface area contributed by atoms with Crippen LogP contribution in [0.25, 0.3) is 0 Å². The summed E-state index contributed by atoms with van der Waals surface area (Å²) in [6.45, 7) is 2.05. The highest BCUT2D eigenvalue weighted by Crippen LogP contribution is 2.11. The molecule has 0 aliphatic carbocycles. The third kappa shape index (κ3) is 3.17. The summed E-state index contributed by atoms with van der Waals surface area (Å²) in [6, 6.07) is 4.04. The van der Waals surface area contributed by atoms with Crippen LogP contribution in [0.5, 0.6) is 0 Å². The second-order valence-corrected chi connectivity index (χ2v) is 3.20. The fourth-order valence-corrected chi connectivity index (χ4v) is 1.47. The molecule has 13 heavy (non-hydrogen) atoms. The molecule has 0 aromatic heterocycles. The molecule has 68 valence electrons. The van der Waals surface area contributed by atoms with Gasteiger partial charge in [0.05, 0.1) is 24.1 Å². The van der Waals surface area contributed by atoms with Crippen LogP contribution >= 0.6 is 0 Å². The summed E-state index contributed by atoms with van der Waals surface area (Å²) < 4.78 is 0. The third-order valence-corrected chi connectivity index (χ3v) is 2.14. The van der Waals surface area contributed by atoms with Gasteiger partial charge in [-0.1, -0.05) is 0 Å². The second kappa shape index (κ2) is 5.22. The van der Waals surface area contributed by atoms with Gasteiger partial charge >= 0.3 is 0 Å². The number of nitrogens with zero attached hydrogens (tertiary/aromatic N) is 3. The Kier molecular flexibility index (Phi) is 3.85. The predicted molar refractivity (Wildman–Crippen MR) is 49.4 cm³/mol. The van der Waals surface area contributed by atoms with Crippen molar-refractivity contribution in [3.05, 3.63) is 11.8 Å². The number of likely N-dealkylation sites (tertiary alicyclic amines) is 1. The highest BCUT2D eigenvalue weighted by atomic mass is 15.1. The second-order valence-electron chi connectivity index (χ2n) is 3.20. The summed E-state index contributed by atoms with van der Waals surface area (Å²) in [5.74, 6) is 0. The molecule has 0 atom stereocenters. The minimum Gasteiger partial charge on any atom is -0.377 e. The van der Waals surface area contributed by atoms with Crippen molar-refractivity contribution in [3.63, 3.8) is 0 Å². The molecule has 1 fully saturated rings. The number of allylic oxidation sites excluding steroid dienone is 1. The Labute approximate surface area is 78.9 Å². The molecule has 1 rings (SSSR count). The molecule has 1 saturated heterocycles. The molecule has 3 heteroatoms. The van der Waals surface area contributed by atoms with Crippen molar-refractivity contribution in [1.29, 1.82) is 10.5 Å². The van der Waals surface area contributed by atoms with Crippen LogP contribution in [0, 0.1) is 22.7 Å². The SMILES string of the molecule is N#CC/C(C#N)=C\N1CCCCC1. The van der Waals surface area contributed by atoms with Gasteiger partial charge in [0.25, 0.3) is 0 Å². The molecular formula is C10H13N3. The quantitative estimate of drug-likeness (QED) is 0.601. The van der Waals surface area contributed by atoms with E-state index in [0.29, 0.717) is 5.57 Å². The standard InChI is InChI=1S/C10H13N3/c11-5-4-10(8-12)9-13-6-2-1-3-7-13/h9H,1-4,6-7H2/b10-9+. The van der Waals surface area contributed by atoms with Crippen LogP contribution in [-0.2, 0) is 0 Å². The van der Waals surface area contributed by atoms with Crippen molar-refractivity contribution >= 4 is 0 Å². The third-order valence-electron chi connectivity index (χ3n) is 2.14. The number of nitriles is 2. The summed E-state index contributed by atoms with van der Waals surface area (Å²) in [5.41, 5.74) is 0.574. The minimum atomic E-state index is 0.229. The summed E-state index contributed by atoms with van der Waals surface area (Å²) in [6.07, 6.45) is 5.74. The van der Waals surface area contributed by atoms with Crippen molar-refractivity contribution in [2.24, 2.45) is 0 Å². The van der Waals surface area contributed by atoms with Crippen LogP contribution in [0.3, 0.4) is 0 Å². The van der Waals surface area contributed by atoms with Gasteiger partial charge in [0.1, 0.15) is 0 Å². The fraction of sp³-hybridized carbons (Fsp3) is 0.600. The molecule has 1 aliphatic rings. The topological polar surface area (TPSA) is 50.8 Å². The maximum atomic E-state index is 8.69. The highest BCUT2D eigenvalue weighted by molar-refractivity contribution is 5.23. The fourth-order valence-electron chi connectivity index (χ4n) is 1.47. The van der Waals surface area contributed by atoms with Gasteiger partial charge < -0.3 is 4.90 Å². The monoisotopic (exact) mass is 175 g/mol. The largest absolute Gasteiger partial charge is 0.377 e. The molecule has 0 aromatic rings. The lowest BCUT2D eigenvalue weighted by atomic mass is 10.1. The Hall–Kier alpha value is -1.48. The number of piperidine rings is 1. The zero-order valence-electron chi connectivity index (χ0n) is 7.66. The van der Waals surface area contributed by atoms with E-state index in [-0.39, 0.29) is 6.42 Å². The lowest BCUT2D eigenvalue weighted by molar-refractivity contribution is 0.308. The van der Waals surface area contributed by atoms with Crippen molar-refractivity contribution < 1.29 is 0 Å². The van der Waals surface area contributed by atoms with Gasteiger partial charge in [0.15, 0.2) is 0 Å². The lowest BCUT2D eigenvalue weighted by Gasteiger charge is -2.25. The molecule has 0 amide bonds. The van der Waals surface area contributed by atoms with Gasteiger partial charge in [-0.15, -0.1) is 0 Å². The van der Waals surface area contributed by atoms with E-state index in [1.807, 2.05) is 18.3 Å². The molecule has 3 nitrogen and oxygen atoms in total. The zero-order chi connectivity index (χ0) is 9.52. The Bertz CT molecular complexity index is 261. The highest BCUT2D eigenvalue weighted by Gasteiger charge is 2.07. The first-order chi connectivity index (χ1) is 6.36. The lowest BCUT2D eigenvalue weighted by Crippen LogP contribution is -2.24. The predicted octanol–water partition coefficient (Wildman–Crippen LogP) is 1.79. The molecular weight excluding hydrogens is 162 g/mol. The van der Waals surface area contributed by atoms with E-state index in [1.54, 1.807) is 0 Å². The van der Waals surface area contributed by atoms with Crippen molar-refractivity contribution in [3.8, 4) is 12.1 Å². The molecule has 0 radical (unpaired) electrons. The average Bonchev–Trinajstić information content (AvgIpc) is 2.19. The molecule has 1 aliphatic heterocycles. The van der Waals surface area contributed by atoms with E-state index in [1.165, 1.54) is 19.3 Å². The van der Waals surface area contributed by atoms with Gasteiger partial charge in [0.2, 0.25) is 0 Å². The van der Waals surface area contributed by atoms with Gasteiger partial charge in [-0.2, -0.15) is 10.5 Å². The molecule has 0 spiro atoms. The number of rotatable bonds is 2. The van der Waals surface area contributed by atoms with Gasteiger partial charge in [-0.05, 0) is 19.3 Å². The van der Waals surface area contributed by atoms with Gasteiger partial charge in [-0.3, -0.25) is 0 Å². The minimum absolute atomic E-state index is 0.229. The Balaban J connectivity index is 2.51. The van der Waals surface area contributed by atoms with Gasteiger partial charge in [-0.25, -0.2) is 0 Å². The maximum absolute atomic E-state index is 8.69. The number of hydrogen-bond donors (Lipinski definition) is 0. The van der Waals surface area contributed by atoms with E-state index >= 15 is 0 Å². The first-order valence-corrected chi connectivity index (χ1v) is 4.58. The number of hydrogen-bond acceptors (Lipinski definition) is 3. The summed E-state index contributed by atoms with van der Waals surface area (Å²) >= 11 is 0. The van der Waals surface area contributed by atoms with Crippen molar-refractivity contribution in [2.45, 2.75) is 25.7 Å². The average molecular weight is 175 g/mol. The first-order valence-electron chi connectivity index (χ1n) is 4.58. The van der Waals surface area contributed by atoms with E-state index in [2.05, 4.69) is 4.90 Å². The van der Waals surface area contributed by atoms with Crippen molar-refractivity contribution in [1.82, 2.24) is 4.90 Å². The Morgan fingerprint density at radius 2 is 1.92 bits per heavy atom. The van der Waals surface area contributed by atoms with Crippen LogP contribution in [0.1, 0.15) is 25.7 Å². The first kappa shape index (κ1) is 9.61. The molecule has 0 saturated carbocycles. The molecule has 0 aromatic carbocycles. The van der Waals surface area contributed by atoms with Gasteiger partial charge in [0, 0.05) is 19.3 Å². The summed E-state index contributed by atoms with van der Waals surface area (Å²) in [5, 5.41) is 17.1. The van der Waals surface area contributed by atoms with E-state index in [0.717, 1.165) is 13.1 Å². The summed E-state index contributed by atoms with van der Waals surface area (Å²) in [7, 11) is 0. The van der Waals surface area contributed by atoms with E-state index < -0.39 is 0 Å².